The van der Waals surface area contributed by atoms with E-state index < -0.39 is 0 Å². The third-order valence-electron chi connectivity index (χ3n) is 2.68. The van der Waals surface area contributed by atoms with Crippen molar-refractivity contribution in [2.24, 2.45) is 0 Å². The van der Waals surface area contributed by atoms with Crippen LogP contribution in [0.4, 0.5) is 5.82 Å². The van der Waals surface area contributed by atoms with Gasteiger partial charge in [0.1, 0.15) is 5.82 Å². The van der Waals surface area contributed by atoms with Gasteiger partial charge in [0.15, 0.2) is 0 Å². The van der Waals surface area contributed by atoms with Gasteiger partial charge < -0.3 is 4.90 Å². The molecular weight excluding hydrogens is 260 g/mol. The molecule has 2 rings (SSSR count). The van der Waals surface area contributed by atoms with Gasteiger partial charge in [-0.15, -0.1) is 0 Å². The highest BCUT2D eigenvalue weighted by Gasteiger charge is 2.07. The lowest BCUT2D eigenvalue weighted by Gasteiger charge is -2.18. The monoisotopic (exact) mass is 272 g/mol. The SMILES string of the molecule is Cc1cc(N(C)Cc2cccc(C#N)c2)nc(Cl)n1. The van der Waals surface area contributed by atoms with Crippen molar-refractivity contribution in [2.75, 3.05) is 11.9 Å². The fraction of sp³-hybridized carbons (Fsp3) is 0.214. The zero-order valence-corrected chi connectivity index (χ0v) is 11.5. The minimum absolute atomic E-state index is 0.243. The number of aryl methyl sites for hydroxylation is 1. The van der Waals surface area contributed by atoms with Crippen molar-refractivity contribution in [3.63, 3.8) is 0 Å². The van der Waals surface area contributed by atoms with Crippen molar-refractivity contribution in [3.8, 4) is 6.07 Å². The molecule has 19 heavy (non-hydrogen) atoms. The first kappa shape index (κ1) is 13.3. The highest BCUT2D eigenvalue weighted by Crippen LogP contribution is 2.16. The Morgan fingerprint density at radius 2 is 2.11 bits per heavy atom. The van der Waals surface area contributed by atoms with E-state index in [0.29, 0.717) is 12.1 Å². The van der Waals surface area contributed by atoms with Gasteiger partial charge in [-0.1, -0.05) is 12.1 Å². The lowest BCUT2D eigenvalue weighted by molar-refractivity contribution is 0.886. The van der Waals surface area contributed by atoms with Gasteiger partial charge >= 0.3 is 0 Å². The summed E-state index contributed by atoms with van der Waals surface area (Å²) in [6.07, 6.45) is 0. The van der Waals surface area contributed by atoms with Crippen molar-refractivity contribution < 1.29 is 0 Å². The number of rotatable bonds is 3. The Balaban J connectivity index is 2.20. The Kier molecular flexibility index (Phi) is 3.98. The molecule has 0 spiro atoms. The fourth-order valence-electron chi connectivity index (χ4n) is 1.81. The minimum Gasteiger partial charge on any atom is -0.355 e. The van der Waals surface area contributed by atoms with Crippen molar-refractivity contribution >= 4 is 17.4 Å². The summed E-state index contributed by atoms with van der Waals surface area (Å²) in [7, 11) is 1.93. The zero-order chi connectivity index (χ0) is 13.8. The molecule has 1 heterocycles. The van der Waals surface area contributed by atoms with Crippen LogP contribution in [0.1, 0.15) is 16.8 Å². The number of nitrogens with zero attached hydrogens (tertiary/aromatic N) is 4. The van der Waals surface area contributed by atoms with Crippen LogP contribution < -0.4 is 4.90 Å². The van der Waals surface area contributed by atoms with E-state index in [1.807, 2.05) is 43.1 Å². The molecule has 5 heteroatoms. The fourth-order valence-corrected chi connectivity index (χ4v) is 2.03. The predicted octanol–water partition coefficient (Wildman–Crippen LogP) is 2.95. The number of aromatic nitrogens is 2. The van der Waals surface area contributed by atoms with Gasteiger partial charge in [0.05, 0.1) is 11.6 Å². The second kappa shape index (κ2) is 5.68. The molecule has 0 N–H and O–H groups in total. The highest BCUT2D eigenvalue weighted by atomic mass is 35.5. The summed E-state index contributed by atoms with van der Waals surface area (Å²) in [5.74, 6) is 0.764. The van der Waals surface area contributed by atoms with E-state index in [4.69, 9.17) is 16.9 Å². The molecule has 1 aromatic carbocycles. The maximum atomic E-state index is 8.88. The molecule has 0 radical (unpaired) electrons. The van der Waals surface area contributed by atoms with Gasteiger partial charge in [-0.05, 0) is 36.2 Å². The van der Waals surface area contributed by atoms with Crippen molar-refractivity contribution in [1.29, 1.82) is 5.26 Å². The van der Waals surface area contributed by atoms with Crippen LogP contribution in [0.3, 0.4) is 0 Å². The van der Waals surface area contributed by atoms with Crippen molar-refractivity contribution in [2.45, 2.75) is 13.5 Å². The summed E-state index contributed by atoms with van der Waals surface area (Å²) < 4.78 is 0. The first-order chi connectivity index (χ1) is 9.08. The van der Waals surface area contributed by atoms with Gasteiger partial charge in [-0.2, -0.15) is 5.26 Å². The van der Waals surface area contributed by atoms with Crippen LogP contribution in [-0.4, -0.2) is 17.0 Å². The van der Waals surface area contributed by atoms with Gasteiger partial charge in [0, 0.05) is 25.4 Å². The van der Waals surface area contributed by atoms with Crippen LogP contribution in [-0.2, 0) is 6.54 Å². The van der Waals surface area contributed by atoms with Crippen molar-refractivity contribution in [1.82, 2.24) is 9.97 Å². The highest BCUT2D eigenvalue weighted by molar-refractivity contribution is 6.28. The topological polar surface area (TPSA) is 52.8 Å². The standard InChI is InChI=1S/C14H13ClN4/c1-10-6-13(18-14(15)17-10)19(2)9-12-5-3-4-11(7-12)8-16/h3-7H,9H2,1-2H3. The first-order valence-electron chi connectivity index (χ1n) is 5.80. The average molecular weight is 273 g/mol. The molecule has 0 atom stereocenters. The molecule has 0 saturated heterocycles. The van der Waals surface area contributed by atoms with E-state index in [-0.39, 0.29) is 5.28 Å². The first-order valence-corrected chi connectivity index (χ1v) is 6.17. The molecule has 0 aliphatic heterocycles. The van der Waals surface area contributed by atoms with Crippen LogP contribution in [0.2, 0.25) is 5.28 Å². The predicted molar refractivity (Wildman–Crippen MR) is 75.0 cm³/mol. The average Bonchev–Trinajstić information content (AvgIpc) is 2.37. The Labute approximate surface area is 117 Å². The molecule has 0 saturated carbocycles. The summed E-state index contributed by atoms with van der Waals surface area (Å²) in [6.45, 7) is 2.53. The smallest absolute Gasteiger partial charge is 0.224 e. The van der Waals surface area contributed by atoms with Gasteiger partial charge in [0.2, 0.25) is 5.28 Å². The molecule has 4 nitrogen and oxygen atoms in total. The van der Waals surface area contributed by atoms with E-state index in [1.165, 1.54) is 0 Å². The number of hydrogen-bond donors (Lipinski definition) is 0. The third-order valence-corrected chi connectivity index (χ3v) is 2.85. The van der Waals surface area contributed by atoms with E-state index in [2.05, 4.69) is 16.0 Å². The van der Waals surface area contributed by atoms with Gasteiger partial charge in [0.25, 0.3) is 0 Å². The molecule has 0 amide bonds. The Bertz CT molecular complexity index is 613. The van der Waals surface area contributed by atoms with Crippen molar-refractivity contribution in [3.05, 3.63) is 52.4 Å². The Morgan fingerprint density at radius 1 is 1.32 bits per heavy atom. The molecule has 1 aromatic heterocycles. The number of nitriles is 1. The maximum Gasteiger partial charge on any atom is 0.224 e. The molecule has 0 fully saturated rings. The van der Waals surface area contributed by atoms with Crippen LogP contribution in [0, 0.1) is 18.3 Å². The zero-order valence-electron chi connectivity index (χ0n) is 10.8. The molecular formula is C14H13ClN4. The molecule has 0 aliphatic rings. The number of hydrogen-bond acceptors (Lipinski definition) is 4. The van der Waals surface area contributed by atoms with Crippen LogP contribution >= 0.6 is 11.6 Å². The molecule has 2 aromatic rings. The van der Waals surface area contributed by atoms with Gasteiger partial charge in [-0.25, -0.2) is 9.97 Å². The van der Waals surface area contributed by atoms with E-state index in [1.54, 1.807) is 6.07 Å². The lowest BCUT2D eigenvalue weighted by atomic mass is 10.1. The third kappa shape index (κ3) is 3.43. The molecule has 0 aliphatic carbocycles. The summed E-state index contributed by atoms with van der Waals surface area (Å²) in [5, 5.41) is 9.13. The van der Waals surface area contributed by atoms with Crippen LogP contribution in [0.25, 0.3) is 0 Å². The normalized spacial score (nSPS) is 10.0. The van der Waals surface area contributed by atoms with Crippen LogP contribution in [0.15, 0.2) is 30.3 Å². The van der Waals surface area contributed by atoms with E-state index >= 15 is 0 Å². The maximum absolute atomic E-state index is 8.88. The minimum atomic E-state index is 0.243. The number of benzene rings is 1. The summed E-state index contributed by atoms with van der Waals surface area (Å²) in [4.78, 5) is 10.2. The second-order valence-electron chi connectivity index (χ2n) is 4.30. The lowest BCUT2D eigenvalue weighted by Crippen LogP contribution is -2.18. The quantitative estimate of drug-likeness (QED) is 0.806. The van der Waals surface area contributed by atoms with Gasteiger partial charge in [-0.3, -0.25) is 0 Å². The molecule has 96 valence electrons. The van der Waals surface area contributed by atoms with Crippen LogP contribution in [0.5, 0.6) is 0 Å². The molecule has 0 bridgehead atoms. The Morgan fingerprint density at radius 3 is 2.79 bits per heavy atom. The van der Waals surface area contributed by atoms with E-state index in [0.717, 1.165) is 17.1 Å². The summed E-state index contributed by atoms with van der Waals surface area (Å²) in [6, 6.07) is 11.5. The summed E-state index contributed by atoms with van der Waals surface area (Å²) in [5.41, 5.74) is 2.53. The summed E-state index contributed by atoms with van der Waals surface area (Å²) >= 11 is 5.85. The number of halogens is 1. The van der Waals surface area contributed by atoms with E-state index in [9.17, 15) is 0 Å². The number of anilines is 1. The second-order valence-corrected chi connectivity index (χ2v) is 4.64. The largest absolute Gasteiger partial charge is 0.355 e. The molecule has 0 unspecified atom stereocenters. The Hall–Kier alpha value is -2.12.